The lowest BCUT2D eigenvalue weighted by atomic mass is 10.2. The predicted molar refractivity (Wildman–Crippen MR) is 132 cm³/mol. The number of benzene rings is 2. The molecule has 0 fully saturated rings. The van der Waals surface area contributed by atoms with E-state index in [0.717, 1.165) is 45.4 Å². The van der Waals surface area contributed by atoms with Crippen molar-refractivity contribution in [1.29, 1.82) is 0 Å². The Balaban J connectivity index is 1.92. The molecule has 0 bridgehead atoms. The molecule has 0 unspecified atom stereocenters. The molecular formula is C23H26ClN3OS2. The smallest absolute Gasteiger partial charge is 0.252 e. The van der Waals surface area contributed by atoms with Crippen molar-refractivity contribution in [2.75, 3.05) is 37.3 Å². The van der Waals surface area contributed by atoms with Crippen molar-refractivity contribution in [3.05, 3.63) is 59.1 Å². The van der Waals surface area contributed by atoms with Crippen molar-refractivity contribution in [2.24, 2.45) is 0 Å². The van der Waals surface area contributed by atoms with Crippen molar-refractivity contribution in [1.82, 2.24) is 9.88 Å². The lowest BCUT2D eigenvalue weighted by Gasteiger charge is -2.23. The molecule has 3 aromatic rings. The van der Waals surface area contributed by atoms with Gasteiger partial charge in [-0.15, -0.1) is 11.8 Å². The van der Waals surface area contributed by atoms with Crippen LogP contribution in [0.3, 0.4) is 0 Å². The van der Waals surface area contributed by atoms with Crippen LogP contribution in [0.15, 0.2) is 53.4 Å². The molecule has 4 nitrogen and oxygen atoms in total. The number of carbonyl (C=O) groups is 1. The first kappa shape index (κ1) is 22.8. The van der Waals surface area contributed by atoms with Crippen molar-refractivity contribution in [2.45, 2.75) is 18.7 Å². The summed E-state index contributed by atoms with van der Waals surface area (Å²) in [6, 6.07) is 13.7. The molecule has 3 rings (SSSR count). The number of carbonyl (C=O) groups excluding carboxylic acids is 1. The van der Waals surface area contributed by atoms with Crippen molar-refractivity contribution in [3.63, 3.8) is 0 Å². The number of hydrogen-bond donors (Lipinski definition) is 0. The summed E-state index contributed by atoms with van der Waals surface area (Å²) >= 11 is 9.46. The van der Waals surface area contributed by atoms with E-state index in [0.29, 0.717) is 11.6 Å². The van der Waals surface area contributed by atoms with Gasteiger partial charge in [-0.1, -0.05) is 61.1 Å². The summed E-state index contributed by atoms with van der Waals surface area (Å²) in [5.41, 5.74) is 1.78. The van der Waals surface area contributed by atoms with Crippen LogP contribution in [0.25, 0.3) is 16.3 Å². The molecule has 7 heteroatoms. The molecular weight excluding hydrogens is 434 g/mol. The Morgan fingerprint density at radius 2 is 1.90 bits per heavy atom. The fourth-order valence-corrected chi connectivity index (χ4v) is 4.99. The summed E-state index contributed by atoms with van der Waals surface area (Å²) in [4.78, 5) is 23.2. The summed E-state index contributed by atoms with van der Waals surface area (Å²) in [6.45, 7) is 7.55. The third-order valence-corrected chi connectivity index (χ3v) is 7.09. The minimum atomic E-state index is -0.0909. The number of nitrogens with zero attached hydrogens (tertiary/aromatic N) is 3. The topological polar surface area (TPSA) is 36.4 Å². The van der Waals surface area contributed by atoms with Crippen LogP contribution in [0.2, 0.25) is 5.02 Å². The molecule has 0 atom stereocenters. The first-order valence-corrected chi connectivity index (χ1v) is 12.4. The van der Waals surface area contributed by atoms with Crippen LogP contribution >= 0.6 is 34.7 Å². The molecule has 0 spiro atoms. The van der Waals surface area contributed by atoms with E-state index < -0.39 is 0 Å². The number of hydrogen-bond acceptors (Lipinski definition) is 5. The molecule has 2 aromatic carbocycles. The number of likely N-dealkylation sites (N-methyl/N-ethyl adjacent to an activating group) is 1. The van der Waals surface area contributed by atoms with E-state index >= 15 is 0 Å². The molecule has 0 N–H and O–H groups in total. The van der Waals surface area contributed by atoms with Gasteiger partial charge in [-0.3, -0.25) is 9.69 Å². The number of thioether (sulfide) groups is 1. The minimum Gasteiger partial charge on any atom is -0.302 e. The molecule has 1 aromatic heterocycles. The average molecular weight is 460 g/mol. The first-order chi connectivity index (χ1) is 14.6. The molecule has 0 aliphatic rings. The number of amides is 1. The Labute approximate surface area is 191 Å². The van der Waals surface area contributed by atoms with Crippen molar-refractivity contribution in [3.8, 4) is 0 Å². The van der Waals surface area contributed by atoms with Crippen molar-refractivity contribution < 1.29 is 4.79 Å². The van der Waals surface area contributed by atoms with Gasteiger partial charge < -0.3 is 4.90 Å². The highest BCUT2D eigenvalue weighted by Gasteiger charge is 2.19. The van der Waals surface area contributed by atoms with Crippen LogP contribution in [0.1, 0.15) is 19.4 Å². The summed E-state index contributed by atoms with van der Waals surface area (Å²) in [7, 11) is 0. The molecule has 30 heavy (non-hydrogen) atoms. The Bertz CT molecular complexity index is 1030. The quantitative estimate of drug-likeness (QED) is 0.288. The predicted octanol–water partition coefficient (Wildman–Crippen LogP) is 6.06. The maximum Gasteiger partial charge on any atom is 0.252 e. The zero-order chi connectivity index (χ0) is 21.5. The zero-order valence-corrected chi connectivity index (χ0v) is 19.9. The molecule has 0 aliphatic heterocycles. The van der Waals surface area contributed by atoms with E-state index in [-0.39, 0.29) is 5.91 Å². The van der Waals surface area contributed by atoms with Gasteiger partial charge in [0, 0.05) is 29.1 Å². The fraction of sp³-hybridized carbons (Fsp3) is 0.304. The van der Waals surface area contributed by atoms with Gasteiger partial charge in [0.15, 0.2) is 5.13 Å². The second kappa shape index (κ2) is 11.0. The van der Waals surface area contributed by atoms with Gasteiger partial charge in [-0.25, -0.2) is 4.98 Å². The first-order valence-electron chi connectivity index (χ1n) is 9.97. The second-order valence-electron chi connectivity index (χ2n) is 6.68. The Morgan fingerprint density at radius 1 is 1.13 bits per heavy atom. The number of anilines is 1. The highest BCUT2D eigenvalue weighted by Crippen LogP contribution is 2.34. The van der Waals surface area contributed by atoms with Gasteiger partial charge in [0.25, 0.3) is 5.91 Å². The molecule has 0 saturated carbocycles. The molecule has 0 aliphatic carbocycles. The van der Waals surface area contributed by atoms with E-state index in [9.17, 15) is 4.79 Å². The summed E-state index contributed by atoms with van der Waals surface area (Å²) in [5.74, 6) is -0.0909. The standard InChI is InChI=1S/C23H26ClN3OS2/c1-4-26(5-2)15-16-27(21(28)14-13-17-9-6-7-10-18(17)24)23-25-22-19(29-3)11-8-12-20(22)30-23/h6-14H,4-5,15-16H2,1-3H3/b14-13+. The molecule has 1 amide bonds. The van der Waals surface area contributed by atoms with Crippen LogP contribution < -0.4 is 4.90 Å². The van der Waals surface area contributed by atoms with E-state index in [1.54, 1.807) is 40.2 Å². The maximum absolute atomic E-state index is 13.2. The number of fused-ring (bicyclic) bond motifs is 1. The zero-order valence-electron chi connectivity index (χ0n) is 17.5. The van der Waals surface area contributed by atoms with Gasteiger partial charge in [0.2, 0.25) is 0 Å². The Morgan fingerprint density at radius 3 is 2.60 bits per heavy atom. The van der Waals surface area contributed by atoms with Gasteiger partial charge in [-0.05, 0) is 49.2 Å². The van der Waals surface area contributed by atoms with Crippen LogP contribution in [-0.2, 0) is 4.79 Å². The lowest BCUT2D eigenvalue weighted by molar-refractivity contribution is -0.114. The number of para-hydroxylation sites is 1. The van der Waals surface area contributed by atoms with E-state index in [2.05, 4.69) is 30.9 Å². The number of rotatable bonds is 9. The molecule has 158 valence electrons. The monoisotopic (exact) mass is 459 g/mol. The minimum absolute atomic E-state index is 0.0909. The highest BCUT2D eigenvalue weighted by atomic mass is 35.5. The number of thiazole rings is 1. The third kappa shape index (κ3) is 5.43. The summed E-state index contributed by atoms with van der Waals surface area (Å²) in [6.07, 6.45) is 5.41. The van der Waals surface area contributed by atoms with Crippen LogP contribution in [0.4, 0.5) is 5.13 Å². The summed E-state index contributed by atoms with van der Waals surface area (Å²) < 4.78 is 1.09. The number of aromatic nitrogens is 1. The van der Waals surface area contributed by atoms with Crippen LogP contribution in [-0.4, -0.2) is 48.2 Å². The van der Waals surface area contributed by atoms with Crippen molar-refractivity contribution >= 4 is 62.0 Å². The molecule has 0 saturated heterocycles. The Hall–Kier alpha value is -1.86. The van der Waals surface area contributed by atoms with Gasteiger partial charge in [-0.2, -0.15) is 0 Å². The van der Waals surface area contributed by atoms with Crippen LogP contribution in [0.5, 0.6) is 0 Å². The Kier molecular flexibility index (Phi) is 8.33. The highest BCUT2D eigenvalue weighted by molar-refractivity contribution is 7.98. The molecule has 0 radical (unpaired) electrons. The SMILES string of the molecule is CCN(CC)CCN(C(=O)/C=C/c1ccccc1Cl)c1nc2c(SC)cccc2s1. The molecule has 1 heterocycles. The maximum atomic E-state index is 13.2. The van der Waals surface area contributed by atoms with E-state index in [4.69, 9.17) is 16.6 Å². The van der Waals surface area contributed by atoms with E-state index in [1.807, 2.05) is 36.6 Å². The van der Waals surface area contributed by atoms with Crippen LogP contribution in [0, 0.1) is 0 Å². The normalized spacial score (nSPS) is 11.6. The van der Waals surface area contributed by atoms with Gasteiger partial charge >= 0.3 is 0 Å². The summed E-state index contributed by atoms with van der Waals surface area (Å²) in [5, 5.41) is 1.35. The van der Waals surface area contributed by atoms with Gasteiger partial charge in [0.1, 0.15) is 0 Å². The average Bonchev–Trinajstić information content (AvgIpc) is 3.20. The lowest BCUT2D eigenvalue weighted by Crippen LogP contribution is -2.38. The largest absolute Gasteiger partial charge is 0.302 e. The van der Waals surface area contributed by atoms with E-state index in [1.165, 1.54) is 0 Å². The third-order valence-electron chi connectivity index (χ3n) is 4.93. The number of halogens is 1. The fourth-order valence-electron chi connectivity index (χ4n) is 3.13. The second-order valence-corrected chi connectivity index (χ2v) is 8.94. The van der Waals surface area contributed by atoms with Gasteiger partial charge in [0.05, 0.1) is 10.2 Å².